The molecule has 0 spiro atoms. The number of aliphatic imine (C=N–C) groups is 1. The second-order valence-electron chi connectivity index (χ2n) is 5.79. The molecule has 1 fully saturated rings. The van der Waals surface area contributed by atoms with E-state index >= 15 is 0 Å². The number of hydrogen-bond acceptors (Lipinski definition) is 5. The van der Waals surface area contributed by atoms with Gasteiger partial charge in [-0.05, 0) is 0 Å². The van der Waals surface area contributed by atoms with Gasteiger partial charge in [0.05, 0.1) is 26.0 Å². The zero-order valence-electron chi connectivity index (χ0n) is 14.6. The van der Waals surface area contributed by atoms with Crippen LogP contribution in [0, 0.1) is 0 Å². The van der Waals surface area contributed by atoms with Crippen LogP contribution in [0.15, 0.2) is 45.9 Å². The van der Waals surface area contributed by atoms with Gasteiger partial charge >= 0.3 is 0 Å². The maximum atomic E-state index is 5.79. The third-order valence-electron chi connectivity index (χ3n) is 4.07. The summed E-state index contributed by atoms with van der Waals surface area (Å²) in [5.41, 5.74) is 1.02. The predicted molar refractivity (Wildman–Crippen MR) is 97.4 cm³/mol. The molecule has 0 radical (unpaired) electrons. The molecule has 2 N–H and O–H groups in total. The van der Waals surface area contributed by atoms with Gasteiger partial charge in [0.25, 0.3) is 0 Å². The minimum Gasteiger partial charge on any atom is -0.439 e. The Morgan fingerprint density at radius 3 is 2.76 bits per heavy atom. The number of benzene rings is 1. The van der Waals surface area contributed by atoms with Gasteiger partial charge in [-0.2, -0.15) is 0 Å². The van der Waals surface area contributed by atoms with Gasteiger partial charge in [-0.1, -0.05) is 30.3 Å². The quantitative estimate of drug-likeness (QED) is 0.609. The van der Waals surface area contributed by atoms with Gasteiger partial charge in [0.1, 0.15) is 0 Å². The van der Waals surface area contributed by atoms with Crippen molar-refractivity contribution in [1.29, 1.82) is 0 Å². The van der Waals surface area contributed by atoms with Crippen LogP contribution in [0.3, 0.4) is 0 Å². The summed E-state index contributed by atoms with van der Waals surface area (Å²) in [6.45, 7) is 5.92. The standard InChI is InChI=1S/C18H25N5O2/c1-19-18(20-7-8-23-9-11-24-12-10-23)22-14-17-21-13-16(25-17)15-5-3-2-4-6-15/h2-6,13H,7-12,14H2,1H3,(H2,19,20,22). The number of rotatable bonds is 6. The molecule has 1 aliphatic rings. The molecule has 7 heteroatoms. The van der Waals surface area contributed by atoms with Crippen molar-refractivity contribution in [2.24, 2.45) is 4.99 Å². The number of ether oxygens (including phenoxy) is 1. The van der Waals surface area contributed by atoms with Crippen molar-refractivity contribution >= 4 is 5.96 Å². The van der Waals surface area contributed by atoms with Crippen LogP contribution >= 0.6 is 0 Å². The lowest BCUT2D eigenvalue weighted by atomic mass is 10.2. The average molecular weight is 343 g/mol. The fraction of sp³-hybridized carbons (Fsp3) is 0.444. The zero-order valence-corrected chi connectivity index (χ0v) is 14.6. The molecule has 1 aromatic carbocycles. The molecule has 3 rings (SSSR count). The Bertz CT molecular complexity index is 665. The number of nitrogens with zero attached hydrogens (tertiary/aromatic N) is 3. The van der Waals surface area contributed by atoms with E-state index in [9.17, 15) is 0 Å². The topological polar surface area (TPSA) is 74.9 Å². The van der Waals surface area contributed by atoms with Gasteiger partial charge in [0, 0.05) is 38.8 Å². The minimum absolute atomic E-state index is 0.490. The van der Waals surface area contributed by atoms with Crippen LogP contribution in [0.1, 0.15) is 5.89 Å². The summed E-state index contributed by atoms with van der Waals surface area (Å²) in [6, 6.07) is 9.95. The van der Waals surface area contributed by atoms with E-state index in [-0.39, 0.29) is 0 Å². The first-order valence-electron chi connectivity index (χ1n) is 8.60. The molecule has 2 heterocycles. The lowest BCUT2D eigenvalue weighted by molar-refractivity contribution is 0.0389. The van der Waals surface area contributed by atoms with E-state index in [1.807, 2.05) is 30.3 Å². The molecule has 0 atom stereocenters. The van der Waals surface area contributed by atoms with Gasteiger partial charge in [0.2, 0.25) is 5.89 Å². The molecule has 25 heavy (non-hydrogen) atoms. The number of oxazole rings is 1. The van der Waals surface area contributed by atoms with Crippen molar-refractivity contribution in [3.63, 3.8) is 0 Å². The van der Waals surface area contributed by atoms with E-state index in [0.29, 0.717) is 12.4 Å². The Morgan fingerprint density at radius 1 is 1.20 bits per heavy atom. The van der Waals surface area contributed by atoms with Gasteiger partial charge < -0.3 is 19.8 Å². The van der Waals surface area contributed by atoms with Gasteiger partial charge in [0.15, 0.2) is 11.7 Å². The number of morpholine rings is 1. The summed E-state index contributed by atoms with van der Waals surface area (Å²) in [5, 5.41) is 6.54. The second-order valence-corrected chi connectivity index (χ2v) is 5.79. The molecule has 7 nitrogen and oxygen atoms in total. The number of hydrogen-bond donors (Lipinski definition) is 2. The summed E-state index contributed by atoms with van der Waals surface area (Å²) < 4.78 is 11.1. The third-order valence-corrected chi connectivity index (χ3v) is 4.07. The van der Waals surface area contributed by atoms with Crippen LogP contribution in [-0.2, 0) is 11.3 Å². The highest BCUT2D eigenvalue weighted by Crippen LogP contribution is 2.19. The Labute approximate surface area is 148 Å². The van der Waals surface area contributed by atoms with Gasteiger partial charge in [-0.25, -0.2) is 4.98 Å². The number of aromatic nitrogens is 1. The molecule has 1 aromatic heterocycles. The molecule has 134 valence electrons. The van der Waals surface area contributed by atoms with Crippen molar-refractivity contribution in [3.05, 3.63) is 42.4 Å². The highest BCUT2D eigenvalue weighted by atomic mass is 16.5. The first-order valence-corrected chi connectivity index (χ1v) is 8.60. The van der Waals surface area contributed by atoms with Crippen LogP contribution in [0.25, 0.3) is 11.3 Å². The van der Waals surface area contributed by atoms with Crippen LogP contribution in [-0.4, -0.2) is 62.3 Å². The van der Waals surface area contributed by atoms with E-state index in [0.717, 1.165) is 56.7 Å². The summed E-state index contributed by atoms with van der Waals surface area (Å²) in [6.07, 6.45) is 1.75. The smallest absolute Gasteiger partial charge is 0.214 e. The first kappa shape index (κ1) is 17.4. The number of guanidine groups is 1. The summed E-state index contributed by atoms with van der Waals surface area (Å²) in [4.78, 5) is 10.9. The molecular formula is C18H25N5O2. The van der Waals surface area contributed by atoms with E-state index in [4.69, 9.17) is 9.15 Å². The highest BCUT2D eigenvalue weighted by Gasteiger charge is 2.10. The molecule has 1 aliphatic heterocycles. The summed E-state index contributed by atoms with van der Waals surface area (Å²) in [7, 11) is 1.76. The van der Waals surface area contributed by atoms with Gasteiger partial charge in [-0.3, -0.25) is 9.89 Å². The molecule has 2 aromatic rings. The fourth-order valence-corrected chi connectivity index (χ4v) is 2.66. The fourth-order valence-electron chi connectivity index (χ4n) is 2.66. The van der Waals surface area contributed by atoms with Crippen molar-refractivity contribution in [2.45, 2.75) is 6.54 Å². The Morgan fingerprint density at radius 2 is 2.00 bits per heavy atom. The summed E-state index contributed by atoms with van der Waals surface area (Å²) in [5.74, 6) is 2.15. The van der Waals surface area contributed by atoms with E-state index in [1.54, 1.807) is 13.2 Å². The molecule has 1 saturated heterocycles. The number of nitrogens with one attached hydrogen (secondary N) is 2. The SMILES string of the molecule is CN=C(NCCN1CCOCC1)NCc1ncc(-c2ccccc2)o1. The molecule has 0 unspecified atom stereocenters. The maximum absolute atomic E-state index is 5.79. The minimum atomic E-state index is 0.490. The van der Waals surface area contributed by atoms with E-state index in [1.165, 1.54) is 0 Å². The average Bonchev–Trinajstić information content (AvgIpc) is 3.15. The van der Waals surface area contributed by atoms with Crippen LogP contribution in [0.4, 0.5) is 0 Å². The molecule has 0 bridgehead atoms. The Hall–Kier alpha value is -2.38. The molecular weight excluding hydrogens is 318 g/mol. The van der Waals surface area contributed by atoms with E-state index < -0.39 is 0 Å². The van der Waals surface area contributed by atoms with Crippen LogP contribution < -0.4 is 10.6 Å². The lowest BCUT2D eigenvalue weighted by Crippen LogP contribution is -2.44. The normalized spacial score (nSPS) is 16.0. The van der Waals surface area contributed by atoms with Crippen LogP contribution in [0.5, 0.6) is 0 Å². The zero-order chi connectivity index (χ0) is 17.3. The van der Waals surface area contributed by atoms with E-state index in [2.05, 4.69) is 25.5 Å². The monoisotopic (exact) mass is 343 g/mol. The van der Waals surface area contributed by atoms with Crippen molar-refractivity contribution < 1.29 is 9.15 Å². The summed E-state index contributed by atoms with van der Waals surface area (Å²) >= 11 is 0. The lowest BCUT2D eigenvalue weighted by Gasteiger charge is -2.26. The molecule has 0 saturated carbocycles. The van der Waals surface area contributed by atoms with Crippen molar-refractivity contribution in [2.75, 3.05) is 46.4 Å². The predicted octanol–water partition coefficient (Wildman–Crippen LogP) is 1.34. The van der Waals surface area contributed by atoms with Crippen LogP contribution in [0.2, 0.25) is 0 Å². The van der Waals surface area contributed by atoms with Gasteiger partial charge in [-0.15, -0.1) is 0 Å². The Balaban J connectivity index is 1.43. The maximum Gasteiger partial charge on any atom is 0.214 e. The molecule has 0 amide bonds. The van der Waals surface area contributed by atoms with Crippen molar-refractivity contribution in [3.8, 4) is 11.3 Å². The second kappa shape index (κ2) is 9.19. The largest absolute Gasteiger partial charge is 0.439 e. The molecule has 0 aliphatic carbocycles. The first-order chi connectivity index (χ1) is 12.3. The Kier molecular flexibility index (Phi) is 6.42. The third kappa shape index (κ3) is 5.30. The highest BCUT2D eigenvalue weighted by molar-refractivity contribution is 5.79. The van der Waals surface area contributed by atoms with Crippen molar-refractivity contribution in [1.82, 2.24) is 20.5 Å².